The first-order valence-electron chi connectivity index (χ1n) is 29.5. The zero-order chi connectivity index (χ0) is 52.6. The molecule has 22 atom stereocenters. The van der Waals surface area contributed by atoms with Gasteiger partial charge in [-0.2, -0.15) is 0 Å². The Morgan fingerprint density at radius 1 is 0.375 bits per heavy atom. The fourth-order valence-electron chi connectivity index (χ4n) is 16.1. The average molecular weight is 1030 g/mol. The van der Waals surface area contributed by atoms with Gasteiger partial charge in [-0.05, 0) is 179 Å². The van der Waals surface area contributed by atoms with Gasteiger partial charge in [-0.3, -0.25) is 0 Å². The van der Waals surface area contributed by atoms with Crippen molar-refractivity contribution in [3.63, 3.8) is 0 Å². The number of anilines is 2. The van der Waals surface area contributed by atoms with E-state index in [-0.39, 0.29) is 46.1 Å². The molecule has 0 radical (unpaired) electrons. The Hall–Kier alpha value is -1.26. The molecule has 4 saturated carbocycles. The Labute approximate surface area is 445 Å². The number of hydrogen-bond acceptors (Lipinski definition) is 6. The minimum absolute atomic E-state index is 0.120. The lowest BCUT2D eigenvalue weighted by atomic mass is 9.51. The summed E-state index contributed by atoms with van der Waals surface area (Å²) in [5, 5.41) is 0. The minimum Gasteiger partial charge on any atom is -0.313 e. The van der Waals surface area contributed by atoms with Crippen LogP contribution in [0.25, 0.3) is 0 Å². The maximum absolute atomic E-state index is 7.91. The molecule has 0 spiro atoms. The van der Waals surface area contributed by atoms with E-state index in [0.717, 1.165) is 25.9 Å². The van der Waals surface area contributed by atoms with Gasteiger partial charge in [0.15, 0.2) is 0 Å². The van der Waals surface area contributed by atoms with Crippen LogP contribution in [0.1, 0.15) is 177 Å². The second-order valence-corrected chi connectivity index (χ2v) is 32.6. The van der Waals surface area contributed by atoms with Gasteiger partial charge in [-0.1, -0.05) is 175 Å². The quantitative estimate of drug-likeness (QED) is 0.184. The topological polar surface area (TPSA) is 43.4 Å². The summed E-state index contributed by atoms with van der Waals surface area (Å²) < 4.78 is 36.8. The third-order valence-corrected chi connectivity index (χ3v) is 24.6. The van der Waals surface area contributed by atoms with Crippen LogP contribution in [-0.2, 0) is 18.1 Å². The molecule has 0 aromatic heterocycles. The summed E-state index contributed by atoms with van der Waals surface area (Å²) in [7, 11) is -2.85. The lowest BCUT2D eigenvalue weighted by molar-refractivity contribution is -0.123. The monoisotopic (exact) mass is 1030 g/mol. The zero-order valence-corrected chi connectivity index (χ0v) is 51.2. The van der Waals surface area contributed by atoms with E-state index in [1.165, 1.54) is 37.1 Å². The first-order chi connectivity index (χ1) is 33.6. The molecule has 0 bridgehead atoms. The standard InChI is InChI=1S/C64H106N2O4P2/c1-39-35-49(61(9,10)11)57-53(43(39)5)54-44(6)40(2)36-50(62(12,13)14)58(54)68-71(67-57)65(47-29-23-21-24-30-47)33-27-28-34-66(48-31-25-22-26-32-48)72-69-59-51(63(15,16)17)37-41(3)45(7)55(59)56-46(8)42(4)38-52(60(56)70-72)64(18,19)20/h21-26,29-32,39-46,49-60H,27-28,33-38H2,1-20H3/t39-,40?,41-,42?,43-,44?,45-,46?,49?,50-,51?,52-,53?,54?,55?,56?,57?,58?,59?,60?,71?,72?/m1/s1. The van der Waals surface area contributed by atoms with Crippen LogP contribution in [0.2, 0.25) is 0 Å². The van der Waals surface area contributed by atoms with Crippen LogP contribution >= 0.6 is 17.1 Å². The first-order valence-corrected chi connectivity index (χ1v) is 31.8. The summed E-state index contributed by atoms with van der Waals surface area (Å²) in [4.78, 5) is 0. The van der Waals surface area contributed by atoms with Crippen LogP contribution in [0, 0.1) is 116 Å². The highest BCUT2D eigenvalue weighted by molar-refractivity contribution is 7.49. The second kappa shape index (κ2) is 21.9. The number of nitrogens with zero attached hydrogens (tertiary/aromatic N) is 2. The zero-order valence-electron chi connectivity index (χ0n) is 49.4. The van der Waals surface area contributed by atoms with Crippen molar-refractivity contribution >= 4 is 28.4 Å². The van der Waals surface area contributed by atoms with Crippen molar-refractivity contribution in [3.05, 3.63) is 60.7 Å². The van der Waals surface area contributed by atoms with Crippen molar-refractivity contribution in [2.45, 2.75) is 201 Å². The lowest BCUT2D eigenvalue weighted by Crippen LogP contribution is -2.56. The molecule has 0 amide bonds. The van der Waals surface area contributed by atoms with Gasteiger partial charge in [0.2, 0.25) is 0 Å². The van der Waals surface area contributed by atoms with Crippen LogP contribution in [0.3, 0.4) is 0 Å². The number of benzene rings is 2. The molecule has 8 heteroatoms. The molecule has 72 heavy (non-hydrogen) atoms. The molecule has 8 rings (SSSR count). The van der Waals surface area contributed by atoms with Gasteiger partial charge in [0.1, 0.15) is 0 Å². The average Bonchev–Trinajstić information content (AvgIpc) is 3.58. The molecule has 4 aliphatic carbocycles. The molecule has 2 heterocycles. The van der Waals surface area contributed by atoms with Gasteiger partial charge in [0.25, 0.3) is 17.1 Å². The van der Waals surface area contributed by atoms with Crippen molar-refractivity contribution < 1.29 is 18.1 Å². The van der Waals surface area contributed by atoms with E-state index in [4.69, 9.17) is 18.1 Å². The molecule has 2 aromatic rings. The predicted octanol–water partition coefficient (Wildman–Crippen LogP) is 18.6. The third-order valence-electron chi connectivity index (χ3n) is 21.3. The largest absolute Gasteiger partial charge is 0.313 e. The summed E-state index contributed by atoms with van der Waals surface area (Å²) in [5.41, 5.74) is 2.91. The molecular weight excluding hydrogens is 923 g/mol. The van der Waals surface area contributed by atoms with E-state index in [2.05, 4.69) is 208 Å². The van der Waals surface area contributed by atoms with Crippen LogP contribution < -0.4 is 9.34 Å². The highest BCUT2D eigenvalue weighted by Crippen LogP contribution is 2.67. The summed E-state index contributed by atoms with van der Waals surface area (Å²) in [6.45, 7) is 51.9. The third kappa shape index (κ3) is 11.5. The maximum Gasteiger partial charge on any atom is 0.290 e. The Bertz CT molecular complexity index is 1800. The Morgan fingerprint density at radius 3 is 0.806 bits per heavy atom. The fraction of sp³-hybridized carbons (Fsp3) is 0.812. The van der Waals surface area contributed by atoms with E-state index in [1.54, 1.807) is 0 Å². The summed E-state index contributed by atoms with van der Waals surface area (Å²) in [6, 6.07) is 22.4. The number of hydrogen-bond donors (Lipinski definition) is 0. The van der Waals surface area contributed by atoms with Gasteiger partial charge >= 0.3 is 0 Å². The van der Waals surface area contributed by atoms with Gasteiger partial charge in [-0.15, -0.1) is 0 Å². The number of rotatable bonds is 9. The summed E-state index contributed by atoms with van der Waals surface area (Å²) in [6.07, 6.45) is 7.42. The molecule has 0 N–H and O–H groups in total. The van der Waals surface area contributed by atoms with Crippen molar-refractivity contribution in [1.29, 1.82) is 0 Å². The first kappa shape index (κ1) is 56.9. The Balaban J connectivity index is 1.15. The minimum atomic E-state index is -1.42. The molecule has 2 saturated heterocycles. The molecule has 16 unspecified atom stereocenters. The number of unbranched alkanes of at least 4 members (excludes halogenated alkanes) is 1. The normalized spacial score (nSPS) is 41.9. The van der Waals surface area contributed by atoms with E-state index in [0.29, 0.717) is 94.7 Å². The number of fused-ring (bicyclic) bond motifs is 6. The van der Waals surface area contributed by atoms with Crippen LogP contribution in [0.15, 0.2) is 60.7 Å². The molecule has 2 aromatic carbocycles. The molecule has 6 nitrogen and oxygen atoms in total. The van der Waals surface area contributed by atoms with Crippen LogP contribution in [0.5, 0.6) is 0 Å². The fourth-order valence-corrected chi connectivity index (χ4v) is 19.8. The smallest absolute Gasteiger partial charge is 0.290 e. The number of para-hydroxylation sites is 2. The van der Waals surface area contributed by atoms with Crippen LogP contribution in [0.4, 0.5) is 11.4 Å². The van der Waals surface area contributed by atoms with Gasteiger partial charge < -0.3 is 27.4 Å². The van der Waals surface area contributed by atoms with E-state index >= 15 is 0 Å². The van der Waals surface area contributed by atoms with Crippen molar-refractivity contribution in [1.82, 2.24) is 0 Å². The molecule has 6 fully saturated rings. The van der Waals surface area contributed by atoms with E-state index in [9.17, 15) is 0 Å². The highest BCUT2D eigenvalue weighted by atomic mass is 31.2. The van der Waals surface area contributed by atoms with Crippen molar-refractivity contribution in [2.24, 2.45) is 116 Å². The summed E-state index contributed by atoms with van der Waals surface area (Å²) >= 11 is 0. The predicted molar refractivity (Wildman–Crippen MR) is 308 cm³/mol. The van der Waals surface area contributed by atoms with Gasteiger partial charge in [0, 0.05) is 24.5 Å². The maximum atomic E-state index is 7.91. The lowest BCUT2D eigenvalue weighted by Gasteiger charge is -2.56. The van der Waals surface area contributed by atoms with Crippen LogP contribution in [-0.4, -0.2) is 37.5 Å². The Morgan fingerprint density at radius 2 is 0.597 bits per heavy atom. The van der Waals surface area contributed by atoms with Gasteiger partial charge in [-0.25, -0.2) is 0 Å². The molecule has 2 aliphatic heterocycles. The SMILES string of the molecule is CC1C[C@@H](C(C)(C)C)C2OP(N(CCCCN(c3ccccc3)P3OC4C(C5C(C)C(C)C[C@@H](C(C)(C)C)C5O3)[C@H](C)[C@H](C)CC4C(C)(C)C)c3ccccc3)OC3C(C2C1C)[C@H](C)[C@H](C)CC3C(C)(C)C. The molecule has 6 aliphatic rings. The molecule has 406 valence electrons. The van der Waals surface area contributed by atoms with Crippen molar-refractivity contribution in [3.8, 4) is 0 Å². The van der Waals surface area contributed by atoms with Crippen molar-refractivity contribution in [2.75, 3.05) is 22.4 Å². The summed E-state index contributed by atoms with van der Waals surface area (Å²) in [5.74, 6) is 8.52. The van der Waals surface area contributed by atoms with Gasteiger partial charge in [0.05, 0.1) is 24.4 Å². The second-order valence-electron chi connectivity index (χ2n) is 29.9. The highest BCUT2D eigenvalue weighted by Gasteiger charge is 2.62. The van der Waals surface area contributed by atoms with E-state index < -0.39 is 17.1 Å². The van der Waals surface area contributed by atoms with E-state index in [1.807, 2.05) is 0 Å². The Kier molecular flexibility index (Phi) is 17.3. The molecular formula is C64H106N2O4P2.